The van der Waals surface area contributed by atoms with Crippen LogP contribution in [0.2, 0.25) is 0 Å². The van der Waals surface area contributed by atoms with Crippen LogP contribution in [0.4, 0.5) is 17.3 Å². The minimum atomic E-state index is -3.62. The molecule has 2 aromatic carbocycles. The second kappa shape index (κ2) is 7.98. The van der Waals surface area contributed by atoms with Gasteiger partial charge in [-0.25, -0.2) is 18.4 Å². The van der Waals surface area contributed by atoms with E-state index in [0.717, 1.165) is 22.6 Å². The number of sulfonamides is 1. The number of hydrogen-bond acceptors (Lipinski definition) is 5. The molecule has 0 spiro atoms. The summed E-state index contributed by atoms with van der Waals surface area (Å²) < 4.78 is 27.7. The lowest BCUT2D eigenvalue weighted by Gasteiger charge is -2.22. The maximum Gasteiger partial charge on any atom is 0.261 e. The summed E-state index contributed by atoms with van der Waals surface area (Å²) in [5.41, 5.74) is 4.22. The van der Waals surface area contributed by atoms with E-state index in [1.54, 1.807) is 36.4 Å². The van der Waals surface area contributed by atoms with Crippen molar-refractivity contribution in [3.05, 3.63) is 71.5 Å². The smallest absolute Gasteiger partial charge is 0.261 e. The van der Waals surface area contributed by atoms with E-state index in [9.17, 15) is 8.42 Å². The third-order valence-electron chi connectivity index (χ3n) is 4.29. The zero-order chi connectivity index (χ0) is 20.3. The summed E-state index contributed by atoms with van der Waals surface area (Å²) in [7, 11) is -3.62. The van der Waals surface area contributed by atoms with Gasteiger partial charge in [0.15, 0.2) is 0 Å². The Kier molecular flexibility index (Phi) is 5.65. The Hall–Kier alpha value is -2.93. The Balaban J connectivity index is 1.83. The van der Waals surface area contributed by atoms with Crippen molar-refractivity contribution in [1.82, 2.24) is 9.97 Å². The number of anilines is 3. The van der Waals surface area contributed by atoms with Crippen molar-refractivity contribution in [2.75, 3.05) is 16.2 Å². The van der Waals surface area contributed by atoms with Gasteiger partial charge in [-0.15, -0.1) is 0 Å². The van der Waals surface area contributed by atoms with Crippen molar-refractivity contribution >= 4 is 27.3 Å². The number of aryl methyl sites for hydroxylation is 3. The summed E-state index contributed by atoms with van der Waals surface area (Å²) in [5.74, 6) is 0.632. The van der Waals surface area contributed by atoms with Crippen molar-refractivity contribution in [1.29, 1.82) is 0 Å². The molecule has 0 atom stereocenters. The van der Waals surface area contributed by atoms with Crippen LogP contribution in [0.3, 0.4) is 0 Å². The molecule has 1 heterocycles. The number of nitrogens with one attached hydrogen (secondary N) is 1. The van der Waals surface area contributed by atoms with Gasteiger partial charge >= 0.3 is 0 Å². The van der Waals surface area contributed by atoms with Crippen LogP contribution >= 0.6 is 0 Å². The van der Waals surface area contributed by atoms with Gasteiger partial charge in [-0.05, 0) is 70.2 Å². The molecule has 0 saturated heterocycles. The molecular formula is C21H24N4O2S. The van der Waals surface area contributed by atoms with Gasteiger partial charge in [-0.3, -0.25) is 4.72 Å². The van der Waals surface area contributed by atoms with Crippen LogP contribution in [-0.4, -0.2) is 24.9 Å². The summed E-state index contributed by atoms with van der Waals surface area (Å²) in [6, 6.07) is 15.9. The van der Waals surface area contributed by atoms with Crippen LogP contribution in [0.25, 0.3) is 0 Å². The van der Waals surface area contributed by atoms with Gasteiger partial charge in [0.05, 0.1) is 4.90 Å². The lowest BCUT2D eigenvalue weighted by Crippen LogP contribution is -2.19. The monoisotopic (exact) mass is 396 g/mol. The zero-order valence-electron chi connectivity index (χ0n) is 16.5. The lowest BCUT2D eigenvalue weighted by atomic mass is 10.2. The highest BCUT2D eigenvalue weighted by Gasteiger charge is 2.15. The van der Waals surface area contributed by atoms with Crippen LogP contribution in [0, 0.1) is 20.8 Å². The normalized spacial score (nSPS) is 11.3. The molecule has 7 heteroatoms. The standard InChI is InChI=1S/C21H24N4O2S/c1-5-25(21-22-16(3)14-17(4)23-21)19-10-8-18(9-11-19)24-28(26,27)20-12-6-15(2)7-13-20/h6-14,24H,5H2,1-4H3. The van der Waals surface area contributed by atoms with E-state index in [4.69, 9.17) is 0 Å². The quantitative estimate of drug-likeness (QED) is 0.670. The van der Waals surface area contributed by atoms with Gasteiger partial charge < -0.3 is 4.90 Å². The first-order valence-corrected chi connectivity index (χ1v) is 10.6. The second-order valence-corrected chi connectivity index (χ2v) is 8.34. The Morgan fingerprint density at radius 1 is 0.893 bits per heavy atom. The molecule has 0 fully saturated rings. The second-order valence-electron chi connectivity index (χ2n) is 6.66. The van der Waals surface area contributed by atoms with Gasteiger partial charge in [0, 0.05) is 29.3 Å². The van der Waals surface area contributed by atoms with Gasteiger partial charge in [-0.1, -0.05) is 17.7 Å². The molecule has 0 saturated carbocycles. The molecule has 0 bridgehead atoms. The molecule has 1 aromatic heterocycles. The highest BCUT2D eigenvalue weighted by molar-refractivity contribution is 7.92. The zero-order valence-corrected chi connectivity index (χ0v) is 17.3. The summed E-state index contributed by atoms with van der Waals surface area (Å²) in [6.07, 6.45) is 0. The fourth-order valence-electron chi connectivity index (χ4n) is 2.91. The average Bonchev–Trinajstić information content (AvgIpc) is 2.63. The molecule has 0 unspecified atom stereocenters. The van der Waals surface area contributed by atoms with Crippen LogP contribution in [0.1, 0.15) is 23.9 Å². The van der Waals surface area contributed by atoms with Crippen molar-refractivity contribution in [3.63, 3.8) is 0 Å². The third kappa shape index (κ3) is 4.48. The molecular weight excluding hydrogens is 372 g/mol. The fourth-order valence-corrected chi connectivity index (χ4v) is 3.97. The highest BCUT2D eigenvalue weighted by Crippen LogP contribution is 2.25. The lowest BCUT2D eigenvalue weighted by molar-refractivity contribution is 0.601. The van der Waals surface area contributed by atoms with Crippen LogP contribution in [-0.2, 0) is 10.0 Å². The van der Waals surface area contributed by atoms with Crippen molar-refractivity contribution in [3.8, 4) is 0 Å². The summed E-state index contributed by atoms with van der Waals surface area (Å²) >= 11 is 0. The van der Waals surface area contributed by atoms with E-state index in [2.05, 4.69) is 14.7 Å². The first-order valence-electron chi connectivity index (χ1n) is 9.08. The average molecular weight is 397 g/mol. The molecule has 28 heavy (non-hydrogen) atoms. The van der Waals surface area contributed by atoms with E-state index in [-0.39, 0.29) is 4.90 Å². The van der Waals surface area contributed by atoms with Crippen molar-refractivity contribution < 1.29 is 8.42 Å². The first-order chi connectivity index (χ1) is 13.3. The highest BCUT2D eigenvalue weighted by atomic mass is 32.2. The topological polar surface area (TPSA) is 75.2 Å². The number of aromatic nitrogens is 2. The maximum absolute atomic E-state index is 12.5. The van der Waals surface area contributed by atoms with Crippen molar-refractivity contribution in [2.45, 2.75) is 32.6 Å². The molecule has 0 aliphatic rings. The summed E-state index contributed by atoms with van der Waals surface area (Å²) in [6.45, 7) is 8.51. The minimum Gasteiger partial charge on any atom is -0.311 e. The predicted octanol–water partition coefficient (Wildman–Crippen LogP) is 4.36. The number of benzene rings is 2. The van der Waals surface area contributed by atoms with Crippen LogP contribution in [0.15, 0.2) is 59.5 Å². The van der Waals surface area contributed by atoms with Crippen LogP contribution in [0.5, 0.6) is 0 Å². The largest absolute Gasteiger partial charge is 0.311 e. The van der Waals surface area contributed by atoms with Crippen molar-refractivity contribution in [2.24, 2.45) is 0 Å². The van der Waals surface area contributed by atoms with E-state index >= 15 is 0 Å². The molecule has 3 aromatic rings. The van der Waals surface area contributed by atoms with Gasteiger partial charge in [0.25, 0.3) is 10.0 Å². The van der Waals surface area contributed by atoms with E-state index < -0.39 is 10.0 Å². The number of nitrogens with zero attached hydrogens (tertiary/aromatic N) is 3. The van der Waals surface area contributed by atoms with Gasteiger partial charge in [-0.2, -0.15) is 0 Å². The van der Waals surface area contributed by atoms with E-state index in [1.165, 1.54) is 0 Å². The third-order valence-corrected chi connectivity index (χ3v) is 5.69. The molecule has 0 amide bonds. The molecule has 3 rings (SSSR count). The molecule has 146 valence electrons. The molecule has 0 aliphatic heterocycles. The SMILES string of the molecule is CCN(c1ccc(NS(=O)(=O)c2ccc(C)cc2)cc1)c1nc(C)cc(C)n1. The Bertz CT molecular complexity index is 1040. The van der Waals surface area contributed by atoms with E-state index in [0.29, 0.717) is 18.2 Å². The molecule has 1 N–H and O–H groups in total. The summed E-state index contributed by atoms with van der Waals surface area (Å²) in [5, 5.41) is 0. The number of hydrogen-bond donors (Lipinski definition) is 1. The fraction of sp³-hybridized carbons (Fsp3) is 0.238. The summed E-state index contributed by atoms with van der Waals surface area (Å²) in [4.78, 5) is 11.2. The van der Waals surface area contributed by atoms with Gasteiger partial charge in [0.2, 0.25) is 5.95 Å². The Morgan fingerprint density at radius 2 is 1.46 bits per heavy atom. The van der Waals surface area contributed by atoms with Crippen LogP contribution < -0.4 is 9.62 Å². The maximum atomic E-state index is 12.5. The molecule has 6 nitrogen and oxygen atoms in total. The minimum absolute atomic E-state index is 0.237. The van der Waals surface area contributed by atoms with E-state index in [1.807, 2.05) is 50.8 Å². The Morgan fingerprint density at radius 3 is 2.00 bits per heavy atom. The molecule has 0 aliphatic carbocycles. The Labute approximate surface area is 166 Å². The number of rotatable bonds is 6. The first kappa shape index (κ1) is 19.8. The molecule has 0 radical (unpaired) electrons. The predicted molar refractivity (Wildman–Crippen MR) is 113 cm³/mol. The van der Waals surface area contributed by atoms with Gasteiger partial charge in [0.1, 0.15) is 0 Å².